The molecule has 0 saturated carbocycles. The molecule has 0 saturated heterocycles. The number of hydrogen-bond donors (Lipinski definition) is 0. The molecule has 0 N–H and O–H groups in total. The van der Waals surface area contributed by atoms with Gasteiger partial charge in [0.05, 0.1) is 33.3 Å². The van der Waals surface area contributed by atoms with Crippen molar-refractivity contribution in [3.8, 4) is 135 Å². The summed E-state index contributed by atoms with van der Waals surface area (Å²) < 4.78 is 0. The van der Waals surface area contributed by atoms with Crippen LogP contribution in [0, 0.1) is 0 Å². The molecule has 0 atom stereocenters. The van der Waals surface area contributed by atoms with E-state index in [0.29, 0.717) is 34.9 Å². The van der Waals surface area contributed by atoms with Crippen molar-refractivity contribution in [2.45, 2.75) is 30.4 Å². The van der Waals surface area contributed by atoms with E-state index >= 15 is 0 Å². The Hall–Kier alpha value is -16.0. The average molecular weight is 1670 g/mol. The van der Waals surface area contributed by atoms with Gasteiger partial charge in [0, 0.05) is 96.4 Å². The van der Waals surface area contributed by atoms with E-state index in [4.69, 9.17) is 39.9 Å². The Morgan fingerprint density at radius 3 is 0.828 bits per heavy atom. The lowest BCUT2D eigenvalue weighted by molar-refractivity contribution is 0.723. The molecule has 10 heteroatoms. The van der Waals surface area contributed by atoms with Gasteiger partial charge in [-0.15, -0.1) is 0 Å². The largest absolute Gasteiger partial charge is 0.247 e. The maximum atomic E-state index is 5.48. The monoisotopic (exact) mass is 1660 g/mol. The van der Waals surface area contributed by atoms with Crippen LogP contribution in [-0.2, 0) is 10.8 Å². The van der Waals surface area contributed by atoms with Crippen LogP contribution in [0.5, 0.6) is 0 Å². The van der Waals surface area contributed by atoms with Gasteiger partial charge in [-0.25, -0.2) is 39.9 Å². The summed E-state index contributed by atoms with van der Waals surface area (Å²) in [4.78, 5) is 46.6. The van der Waals surface area contributed by atoms with Crippen molar-refractivity contribution in [1.29, 1.82) is 0 Å². The molecule has 4 aromatic heterocycles. The first-order valence-corrected chi connectivity index (χ1v) is 44.9. The van der Waals surface area contributed by atoms with Crippen LogP contribution in [0.1, 0.15) is 44.5 Å². The summed E-state index contributed by atoms with van der Waals surface area (Å²) >= 11 is 3.74. The molecule has 596 valence electrons. The minimum absolute atomic E-state index is 0.482. The Balaban J connectivity index is 0.000000139. The van der Waals surface area contributed by atoms with Crippen LogP contribution in [-0.4, -0.2) is 39.9 Å². The van der Waals surface area contributed by atoms with E-state index < -0.39 is 10.8 Å². The second-order valence-corrected chi connectivity index (χ2v) is 35.1. The molecule has 0 fully saturated rings. The highest BCUT2D eigenvalue weighted by atomic mass is 32.2. The van der Waals surface area contributed by atoms with Crippen molar-refractivity contribution < 1.29 is 0 Å². The third kappa shape index (κ3) is 12.0. The Labute approximate surface area is 748 Å². The highest BCUT2D eigenvalue weighted by Gasteiger charge is 2.53. The first-order valence-electron chi connectivity index (χ1n) is 43.3. The molecule has 0 radical (unpaired) electrons. The molecular formula is C118H72N8S2. The second kappa shape index (κ2) is 30.5. The first kappa shape index (κ1) is 74.6. The molecule has 0 unspecified atom stereocenters. The number of hydrogen-bond acceptors (Lipinski definition) is 10. The van der Waals surface area contributed by atoms with Crippen molar-refractivity contribution in [2.75, 3.05) is 0 Å². The van der Waals surface area contributed by atoms with Crippen LogP contribution in [0.2, 0.25) is 0 Å². The molecular weight excluding hydrogens is 1590 g/mol. The summed E-state index contributed by atoms with van der Waals surface area (Å²) in [6.45, 7) is 0. The molecule has 18 aromatic carbocycles. The maximum Gasteiger partial charge on any atom is 0.164 e. The molecule has 22 aromatic rings. The van der Waals surface area contributed by atoms with Crippen molar-refractivity contribution >= 4 is 66.9 Å². The quantitative estimate of drug-likeness (QED) is 0.123. The van der Waals surface area contributed by atoms with Crippen LogP contribution in [0.3, 0.4) is 0 Å². The predicted molar refractivity (Wildman–Crippen MR) is 522 cm³/mol. The zero-order valence-corrected chi connectivity index (χ0v) is 70.6. The van der Waals surface area contributed by atoms with Gasteiger partial charge in [0.25, 0.3) is 0 Å². The van der Waals surface area contributed by atoms with Crippen molar-refractivity contribution in [3.63, 3.8) is 0 Å². The molecule has 2 spiro atoms. The Morgan fingerprint density at radius 2 is 0.430 bits per heavy atom. The molecule has 128 heavy (non-hydrogen) atoms. The van der Waals surface area contributed by atoms with Crippen LogP contribution in [0.25, 0.3) is 179 Å². The highest BCUT2D eigenvalue weighted by Crippen LogP contribution is 2.66. The zero-order chi connectivity index (χ0) is 84.4. The maximum absolute atomic E-state index is 5.48. The zero-order valence-electron chi connectivity index (χ0n) is 69.0. The first-order chi connectivity index (χ1) is 63.4. The van der Waals surface area contributed by atoms with Crippen molar-refractivity contribution in [1.82, 2.24) is 39.9 Å². The molecule has 26 rings (SSSR count). The third-order valence-corrected chi connectivity index (χ3v) is 28.3. The Bertz CT molecular complexity index is 8090. The molecule has 0 amide bonds. The van der Waals surface area contributed by atoms with Crippen LogP contribution >= 0.6 is 23.5 Å². The fraction of sp³-hybridized carbons (Fsp3) is 0.0169. The van der Waals surface area contributed by atoms with Crippen LogP contribution < -0.4 is 0 Å². The lowest BCUT2D eigenvalue weighted by Gasteiger charge is -2.39. The third-order valence-electron chi connectivity index (χ3n) is 26.0. The molecule has 2 aliphatic heterocycles. The van der Waals surface area contributed by atoms with Crippen LogP contribution in [0.15, 0.2) is 456 Å². The van der Waals surface area contributed by atoms with Gasteiger partial charge in [-0.2, -0.15) is 0 Å². The topological polar surface area (TPSA) is 103 Å². The predicted octanol–water partition coefficient (Wildman–Crippen LogP) is 29.5. The Kier molecular flexibility index (Phi) is 17.8. The minimum Gasteiger partial charge on any atom is -0.247 e. The van der Waals surface area contributed by atoms with E-state index in [9.17, 15) is 0 Å². The SMILES string of the molecule is c1ccc(-c2cccc(-c3nc(-c4ccccc4)nc(-c4ccc5nc(-c6ccccc6)c6ccc7c(c6c5c4)-c4ccccc4C74c5ccccc5Sc5ccccc54)n3)c2)cc1.c1ccc(-c2nc(-c3ccccc3)nc(-c3ccc(-c4ccc5nc(-c6ccccc6)c6ccc7c(c6c5c4)-c4ccccc4C74c5ccccc5Sc5ccccc54)cc3)n2)cc1. The summed E-state index contributed by atoms with van der Waals surface area (Å²) in [6.07, 6.45) is 0. The number of benzene rings is 18. The standard InChI is InChI=1S/2C59H36N4S/c1-4-17-37(18-5-1)40-23-16-24-41(35-40)57-61-56(39-21-8-3-9-22-39)62-58(63-57)42-31-34-50-45(36-42)53-44(55(60-50)38-19-6-2-7-20-38)32-33-49-54(53)43-25-10-11-26-46(43)59(49)47-27-12-14-29-51(47)64-52-30-15-13-28-48(52)59;1-4-16-38(17-5-1)55-44-33-34-49-54(43-22-10-11-23-46(43)59(49)47-24-12-14-26-51(47)64-52-27-15-13-25-48(52)59)53(44)45-36-42(32-35-50(45)60-55)37-28-30-41(31-29-37)58-62-56(39-18-6-2-7-19-39)61-57(63-58)40-20-8-3-9-21-40/h2*1-36H. The van der Waals surface area contributed by atoms with Gasteiger partial charge in [0.15, 0.2) is 34.9 Å². The Morgan fingerprint density at radius 1 is 0.164 bits per heavy atom. The van der Waals surface area contributed by atoms with Gasteiger partial charge in [-0.1, -0.05) is 400 Å². The van der Waals surface area contributed by atoms with Gasteiger partial charge in [0.1, 0.15) is 0 Å². The number of pyridine rings is 2. The van der Waals surface area contributed by atoms with E-state index in [1.807, 2.05) is 108 Å². The van der Waals surface area contributed by atoms with Crippen LogP contribution in [0.4, 0.5) is 0 Å². The lowest BCUT2D eigenvalue weighted by Crippen LogP contribution is -2.31. The fourth-order valence-corrected chi connectivity index (χ4v) is 22.8. The van der Waals surface area contributed by atoms with Gasteiger partial charge >= 0.3 is 0 Å². The fourth-order valence-electron chi connectivity index (χ4n) is 20.4. The number of rotatable bonds is 10. The summed E-state index contributed by atoms with van der Waals surface area (Å²) in [5, 5.41) is 6.83. The molecule has 8 nitrogen and oxygen atoms in total. The van der Waals surface area contributed by atoms with Gasteiger partial charge in [0.2, 0.25) is 0 Å². The average Bonchev–Trinajstić information content (AvgIpc) is 1.51. The summed E-state index contributed by atoms with van der Waals surface area (Å²) in [6, 6.07) is 156. The minimum atomic E-state index is -0.513. The highest BCUT2D eigenvalue weighted by molar-refractivity contribution is 7.99. The smallest absolute Gasteiger partial charge is 0.164 e. The molecule has 6 heterocycles. The number of fused-ring (bicyclic) bond motifs is 26. The lowest BCUT2D eigenvalue weighted by atomic mass is 9.67. The summed E-state index contributed by atoms with van der Waals surface area (Å²) in [5.74, 6) is 3.77. The van der Waals surface area contributed by atoms with E-state index in [0.717, 1.165) is 111 Å². The van der Waals surface area contributed by atoms with E-state index in [1.54, 1.807) is 0 Å². The molecule has 4 aliphatic rings. The van der Waals surface area contributed by atoms with Crippen molar-refractivity contribution in [2.24, 2.45) is 0 Å². The van der Waals surface area contributed by atoms with Gasteiger partial charge in [-0.3, -0.25) is 0 Å². The van der Waals surface area contributed by atoms with E-state index in [-0.39, 0.29) is 0 Å². The number of nitrogens with zero attached hydrogens (tertiary/aromatic N) is 8. The summed E-state index contributed by atoms with van der Waals surface area (Å²) in [5.41, 5.74) is 30.6. The van der Waals surface area contributed by atoms with Gasteiger partial charge in [-0.05, 0) is 150 Å². The van der Waals surface area contributed by atoms with Crippen molar-refractivity contribution in [3.05, 3.63) is 481 Å². The molecule has 2 aliphatic carbocycles. The second-order valence-electron chi connectivity index (χ2n) is 33.0. The number of aromatic nitrogens is 8. The normalized spacial score (nSPS) is 13.1. The van der Waals surface area contributed by atoms with Gasteiger partial charge < -0.3 is 0 Å². The van der Waals surface area contributed by atoms with E-state index in [2.05, 4.69) is 352 Å². The molecule has 0 bridgehead atoms. The van der Waals surface area contributed by atoms with E-state index in [1.165, 1.54) is 97.1 Å². The summed E-state index contributed by atoms with van der Waals surface area (Å²) in [7, 11) is 0.